The molecule has 0 aliphatic carbocycles. The molecule has 0 unspecified atom stereocenters. The van der Waals surface area contributed by atoms with Crippen LogP contribution in [-0.4, -0.2) is 37.0 Å². The molecule has 4 rings (SSSR count). The van der Waals surface area contributed by atoms with Crippen molar-refractivity contribution in [2.75, 3.05) is 6.54 Å². The molecule has 0 aliphatic heterocycles. The number of para-hydroxylation sites is 1. The lowest BCUT2D eigenvalue weighted by Crippen LogP contribution is -2.31. The average molecular weight is 386 g/mol. The van der Waals surface area contributed by atoms with E-state index in [1.54, 1.807) is 0 Å². The maximum Gasteiger partial charge on any atom is 0.273 e. The highest BCUT2D eigenvalue weighted by atomic mass is 16.2. The first kappa shape index (κ1) is 18.3. The Balaban J connectivity index is 1.36. The molecule has 1 amide bonds. The van der Waals surface area contributed by atoms with E-state index in [2.05, 4.69) is 20.5 Å². The van der Waals surface area contributed by atoms with E-state index in [0.29, 0.717) is 12.2 Å². The molecule has 8 heteroatoms. The number of amides is 1. The largest absolute Gasteiger partial charge is 0.349 e. The number of rotatable bonds is 6. The van der Waals surface area contributed by atoms with E-state index in [1.165, 1.54) is 28.0 Å². The Hall–Kier alpha value is -4.07. The molecule has 0 aliphatic rings. The summed E-state index contributed by atoms with van der Waals surface area (Å²) in [6.45, 7) is 0.572. The monoisotopic (exact) mass is 386 g/mol. The fourth-order valence-electron chi connectivity index (χ4n) is 2.79. The molecule has 0 atom stereocenters. The van der Waals surface area contributed by atoms with Crippen LogP contribution in [0, 0.1) is 0 Å². The highest BCUT2D eigenvalue weighted by molar-refractivity contribution is 5.91. The van der Waals surface area contributed by atoms with Crippen LogP contribution in [0.1, 0.15) is 10.5 Å². The summed E-state index contributed by atoms with van der Waals surface area (Å²) < 4.78 is 1.45. The highest BCUT2D eigenvalue weighted by Crippen LogP contribution is 2.13. The average Bonchev–Trinajstić information content (AvgIpc) is 3.26. The van der Waals surface area contributed by atoms with E-state index in [-0.39, 0.29) is 23.7 Å². The van der Waals surface area contributed by atoms with Crippen LogP contribution in [0.3, 0.4) is 0 Å². The fraction of sp³-hybridized carbons (Fsp3) is 0.0952. The van der Waals surface area contributed by atoms with Crippen LogP contribution in [0.25, 0.3) is 16.9 Å². The van der Waals surface area contributed by atoms with Gasteiger partial charge in [0.15, 0.2) is 5.69 Å². The predicted octanol–water partition coefficient (Wildman–Crippen LogP) is 1.92. The zero-order chi connectivity index (χ0) is 20.1. The molecule has 0 spiro atoms. The third-order valence-electron chi connectivity index (χ3n) is 4.30. The first-order valence-corrected chi connectivity index (χ1v) is 9.08. The minimum Gasteiger partial charge on any atom is -0.349 e. The Labute approximate surface area is 166 Å². The Morgan fingerprint density at radius 1 is 1.00 bits per heavy atom. The Kier molecular flexibility index (Phi) is 5.24. The number of nitrogens with zero attached hydrogens (tertiary/aromatic N) is 5. The quantitative estimate of drug-likeness (QED) is 0.546. The molecule has 29 heavy (non-hydrogen) atoms. The highest BCUT2D eigenvalue weighted by Gasteiger charge is 2.11. The molecule has 0 radical (unpaired) electrons. The van der Waals surface area contributed by atoms with Crippen LogP contribution < -0.4 is 10.9 Å². The van der Waals surface area contributed by atoms with Gasteiger partial charge in [-0.05, 0) is 12.1 Å². The maximum absolute atomic E-state index is 12.3. The molecule has 0 fully saturated rings. The first-order valence-electron chi connectivity index (χ1n) is 9.08. The fourth-order valence-corrected chi connectivity index (χ4v) is 2.79. The van der Waals surface area contributed by atoms with Gasteiger partial charge in [-0.1, -0.05) is 48.5 Å². The molecular formula is C21H18N6O2. The van der Waals surface area contributed by atoms with Gasteiger partial charge < -0.3 is 5.32 Å². The lowest BCUT2D eigenvalue weighted by molar-refractivity contribution is 0.0946. The normalized spacial score (nSPS) is 10.6. The number of aromatic nitrogens is 5. The van der Waals surface area contributed by atoms with Crippen LogP contribution in [0.15, 0.2) is 84.0 Å². The van der Waals surface area contributed by atoms with Gasteiger partial charge in [0.05, 0.1) is 23.9 Å². The van der Waals surface area contributed by atoms with Crippen molar-refractivity contribution in [3.8, 4) is 16.9 Å². The van der Waals surface area contributed by atoms with Gasteiger partial charge in [0.2, 0.25) is 0 Å². The SMILES string of the molecule is O=C(NCCn1cnc(-c2ccccc2)cc1=O)c1cnn(-c2ccccc2)n1. The summed E-state index contributed by atoms with van der Waals surface area (Å²) in [7, 11) is 0. The summed E-state index contributed by atoms with van der Waals surface area (Å²) in [4.78, 5) is 30.3. The molecule has 0 saturated heterocycles. The Morgan fingerprint density at radius 3 is 2.45 bits per heavy atom. The second-order valence-corrected chi connectivity index (χ2v) is 6.28. The number of benzene rings is 2. The molecule has 2 aromatic carbocycles. The van der Waals surface area contributed by atoms with E-state index in [1.807, 2.05) is 60.7 Å². The number of carbonyl (C=O) groups is 1. The van der Waals surface area contributed by atoms with Crippen molar-refractivity contribution in [3.05, 3.63) is 95.3 Å². The van der Waals surface area contributed by atoms with Gasteiger partial charge in [-0.25, -0.2) is 4.98 Å². The Morgan fingerprint density at radius 2 is 1.72 bits per heavy atom. The topological polar surface area (TPSA) is 94.7 Å². The van der Waals surface area contributed by atoms with Crippen LogP contribution >= 0.6 is 0 Å². The molecule has 8 nitrogen and oxygen atoms in total. The summed E-state index contributed by atoms with van der Waals surface area (Å²) in [6.07, 6.45) is 2.90. The van der Waals surface area contributed by atoms with E-state index in [4.69, 9.17) is 0 Å². The molecule has 2 heterocycles. The third-order valence-corrected chi connectivity index (χ3v) is 4.30. The number of nitrogens with one attached hydrogen (secondary N) is 1. The first-order chi connectivity index (χ1) is 14.2. The minimum absolute atomic E-state index is 0.178. The van der Waals surface area contributed by atoms with Crippen LogP contribution in [0.5, 0.6) is 0 Å². The van der Waals surface area contributed by atoms with Gasteiger partial charge >= 0.3 is 0 Å². The molecule has 0 saturated carbocycles. The van der Waals surface area contributed by atoms with Crippen molar-refractivity contribution in [1.29, 1.82) is 0 Å². The molecule has 144 valence electrons. The maximum atomic E-state index is 12.3. The van der Waals surface area contributed by atoms with Gasteiger partial charge in [0.25, 0.3) is 11.5 Å². The molecule has 2 aromatic heterocycles. The number of carbonyl (C=O) groups excluding carboxylic acids is 1. The van der Waals surface area contributed by atoms with Crippen molar-refractivity contribution >= 4 is 5.91 Å². The van der Waals surface area contributed by atoms with Crippen molar-refractivity contribution in [1.82, 2.24) is 29.9 Å². The molecule has 4 aromatic rings. The predicted molar refractivity (Wildman–Crippen MR) is 108 cm³/mol. The van der Waals surface area contributed by atoms with Crippen LogP contribution in [-0.2, 0) is 6.54 Å². The second-order valence-electron chi connectivity index (χ2n) is 6.28. The van der Waals surface area contributed by atoms with Crippen LogP contribution in [0.4, 0.5) is 0 Å². The number of hydrogen-bond donors (Lipinski definition) is 1. The zero-order valence-corrected chi connectivity index (χ0v) is 15.5. The minimum atomic E-state index is -0.353. The summed E-state index contributed by atoms with van der Waals surface area (Å²) in [5.74, 6) is -0.353. The molecule has 1 N–H and O–H groups in total. The van der Waals surface area contributed by atoms with Crippen molar-refractivity contribution < 1.29 is 4.79 Å². The summed E-state index contributed by atoms with van der Waals surface area (Å²) in [6, 6.07) is 20.3. The van der Waals surface area contributed by atoms with Crippen molar-refractivity contribution in [2.45, 2.75) is 6.54 Å². The smallest absolute Gasteiger partial charge is 0.273 e. The molecular weight excluding hydrogens is 368 g/mol. The lowest BCUT2D eigenvalue weighted by atomic mass is 10.1. The lowest BCUT2D eigenvalue weighted by Gasteiger charge is -2.07. The standard InChI is InChI=1S/C21H18N6O2/c28-20-13-18(16-7-3-1-4-8-16)23-15-26(20)12-11-22-21(29)19-14-24-27(25-19)17-9-5-2-6-10-17/h1-10,13-15H,11-12H2,(H,22,29). The van der Waals surface area contributed by atoms with Gasteiger partial charge in [0, 0.05) is 24.7 Å². The van der Waals surface area contributed by atoms with E-state index in [9.17, 15) is 9.59 Å². The molecule has 0 bridgehead atoms. The number of hydrogen-bond acceptors (Lipinski definition) is 5. The van der Waals surface area contributed by atoms with Crippen LogP contribution in [0.2, 0.25) is 0 Å². The van der Waals surface area contributed by atoms with Crippen molar-refractivity contribution in [2.24, 2.45) is 0 Å². The van der Waals surface area contributed by atoms with Gasteiger partial charge in [0.1, 0.15) is 0 Å². The summed E-state index contributed by atoms with van der Waals surface area (Å²) in [5, 5.41) is 11.0. The van der Waals surface area contributed by atoms with Gasteiger partial charge in [-0.3, -0.25) is 14.2 Å². The van der Waals surface area contributed by atoms with Crippen molar-refractivity contribution in [3.63, 3.8) is 0 Å². The van der Waals surface area contributed by atoms with E-state index in [0.717, 1.165) is 11.3 Å². The summed E-state index contributed by atoms with van der Waals surface area (Å²) in [5.41, 5.74) is 2.30. The summed E-state index contributed by atoms with van der Waals surface area (Å²) >= 11 is 0. The third kappa shape index (κ3) is 4.27. The van der Waals surface area contributed by atoms with E-state index < -0.39 is 0 Å². The van der Waals surface area contributed by atoms with Gasteiger partial charge in [-0.2, -0.15) is 9.90 Å². The Bertz CT molecular complexity index is 1170. The second kappa shape index (κ2) is 8.30. The zero-order valence-electron chi connectivity index (χ0n) is 15.5. The van der Waals surface area contributed by atoms with Gasteiger partial charge in [-0.15, -0.1) is 5.10 Å². The van der Waals surface area contributed by atoms with E-state index >= 15 is 0 Å².